The number of piperidine rings is 1. The van der Waals surface area contributed by atoms with E-state index in [2.05, 4.69) is 22.8 Å². The molecule has 1 heterocycles. The van der Waals surface area contributed by atoms with Crippen LogP contribution in [0.1, 0.15) is 80.1 Å². The Morgan fingerprint density at radius 3 is 2.47 bits per heavy atom. The summed E-state index contributed by atoms with van der Waals surface area (Å²) in [7, 11) is 0. The van der Waals surface area contributed by atoms with Crippen LogP contribution in [0.2, 0.25) is 0 Å². The third kappa shape index (κ3) is 6.88. The van der Waals surface area contributed by atoms with Crippen molar-refractivity contribution in [3.8, 4) is 5.75 Å². The number of aliphatic carboxylic acids is 1. The van der Waals surface area contributed by atoms with Crippen LogP contribution in [0.15, 0.2) is 18.2 Å². The molecule has 0 bridgehead atoms. The highest BCUT2D eigenvalue weighted by atomic mass is 35.5. The van der Waals surface area contributed by atoms with Gasteiger partial charge in [-0.25, -0.2) is 0 Å². The summed E-state index contributed by atoms with van der Waals surface area (Å²) in [5, 5.41) is 15.4. The van der Waals surface area contributed by atoms with Crippen LogP contribution in [0.5, 0.6) is 5.75 Å². The van der Waals surface area contributed by atoms with Gasteiger partial charge in [-0.1, -0.05) is 6.07 Å². The van der Waals surface area contributed by atoms with Gasteiger partial charge in [0.05, 0.1) is 12.2 Å². The number of ether oxygens (including phenoxy) is 1. The molecule has 1 amide bonds. The lowest BCUT2D eigenvalue weighted by Gasteiger charge is -2.29. The Bertz CT molecular complexity index is 698. The molecule has 2 aliphatic rings. The van der Waals surface area contributed by atoms with Gasteiger partial charge in [0.1, 0.15) is 5.75 Å². The highest BCUT2D eigenvalue weighted by Crippen LogP contribution is 2.31. The largest absolute Gasteiger partial charge is 0.493 e. The summed E-state index contributed by atoms with van der Waals surface area (Å²) in [5.41, 5.74) is 1.86. The zero-order valence-electron chi connectivity index (χ0n) is 17.8. The first-order chi connectivity index (χ1) is 14.1. The van der Waals surface area contributed by atoms with Crippen LogP contribution in [0.25, 0.3) is 0 Å². The second-order valence-electron chi connectivity index (χ2n) is 8.34. The van der Waals surface area contributed by atoms with Gasteiger partial charge >= 0.3 is 5.97 Å². The first-order valence-corrected chi connectivity index (χ1v) is 11.1. The Morgan fingerprint density at radius 1 is 1.13 bits per heavy atom. The average molecular weight is 439 g/mol. The monoisotopic (exact) mass is 438 g/mol. The van der Waals surface area contributed by atoms with Crippen LogP contribution in [-0.4, -0.2) is 42.7 Å². The number of rotatable bonds is 8. The standard InChI is InChI=1S/C23H34N2O4.ClH/c1-2-29-21-15-18(17-11-13-24-14-12-17)6-9-20(21)23(28)25-19-7-3-16(4-8-19)5-10-22(26)27;/h6,9,15-17,19,24H,2-5,7-8,10-14H2,1H3,(H,25,28)(H,26,27);1H/t16-,19-;. The Morgan fingerprint density at radius 2 is 1.83 bits per heavy atom. The predicted octanol–water partition coefficient (Wildman–Crippen LogP) is 4.13. The zero-order chi connectivity index (χ0) is 20.6. The van der Waals surface area contributed by atoms with Crippen molar-refractivity contribution < 1.29 is 19.4 Å². The van der Waals surface area contributed by atoms with Crippen LogP contribution in [0.3, 0.4) is 0 Å². The molecule has 3 N–H and O–H groups in total. The van der Waals surface area contributed by atoms with E-state index in [1.54, 1.807) is 0 Å². The van der Waals surface area contributed by atoms with Crippen molar-refractivity contribution in [1.82, 2.24) is 10.6 Å². The molecule has 0 radical (unpaired) electrons. The third-order valence-electron chi connectivity index (χ3n) is 6.31. The maximum Gasteiger partial charge on any atom is 0.303 e. The van der Waals surface area contributed by atoms with Gasteiger partial charge in [-0.2, -0.15) is 0 Å². The fourth-order valence-electron chi connectivity index (χ4n) is 4.60. The molecule has 168 valence electrons. The van der Waals surface area contributed by atoms with Crippen molar-refractivity contribution in [2.45, 2.75) is 70.3 Å². The normalized spacial score (nSPS) is 22.0. The number of carbonyl (C=O) groups excluding carboxylic acids is 1. The molecule has 2 fully saturated rings. The number of carbonyl (C=O) groups is 2. The Labute approximate surface area is 185 Å². The number of hydrogen-bond donors (Lipinski definition) is 3. The summed E-state index contributed by atoms with van der Waals surface area (Å²) in [6.45, 7) is 4.54. The van der Waals surface area contributed by atoms with E-state index >= 15 is 0 Å². The number of halogens is 1. The highest BCUT2D eigenvalue weighted by molar-refractivity contribution is 5.97. The van der Waals surface area contributed by atoms with Gasteiger partial charge in [-0.15, -0.1) is 12.4 Å². The Hall–Kier alpha value is -1.79. The second-order valence-corrected chi connectivity index (χ2v) is 8.34. The molecule has 6 nitrogen and oxygen atoms in total. The van der Waals surface area contributed by atoms with Gasteiger partial charge in [-0.05, 0) is 94.5 Å². The van der Waals surface area contributed by atoms with E-state index in [9.17, 15) is 9.59 Å². The van der Waals surface area contributed by atoms with Crippen molar-refractivity contribution in [2.24, 2.45) is 5.92 Å². The van der Waals surface area contributed by atoms with Crippen molar-refractivity contribution >= 4 is 24.3 Å². The van der Waals surface area contributed by atoms with Crippen LogP contribution in [-0.2, 0) is 4.79 Å². The van der Waals surface area contributed by atoms with Crippen molar-refractivity contribution in [3.63, 3.8) is 0 Å². The maximum atomic E-state index is 12.9. The minimum absolute atomic E-state index is 0. The zero-order valence-corrected chi connectivity index (χ0v) is 18.6. The molecule has 1 aliphatic carbocycles. The van der Waals surface area contributed by atoms with Gasteiger partial charge in [0, 0.05) is 12.5 Å². The van der Waals surface area contributed by atoms with Crippen LogP contribution < -0.4 is 15.4 Å². The predicted molar refractivity (Wildman–Crippen MR) is 120 cm³/mol. The molecule has 1 saturated carbocycles. The van der Waals surface area contributed by atoms with E-state index < -0.39 is 5.97 Å². The lowest BCUT2D eigenvalue weighted by atomic mass is 9.83. The molecule has 0 spiro atoms. The highest BCUT2D eigenvalue weighted by Gasteiger charge is 2.25. The number of nitrogens with one attached hydrogen (secondary N) is 2. The van der Waals surface area contributed by atoms with Crippen molar-refractivity contribution in [2.75, 3.05) is 19.7 Å². The average Bonchev–Trinajstić information content (AvgIpc) is 2.74. The summed E-state index contributed by atoms with van der Waals surface area (Å²) in [6.07, 6.45) is 6.98. The van der Waals surface area contributed by atoms with Crippen LogP contribution in [0.4, 0.5) is 0 Å². The number of carboxylic acids is 1. The minimum atomic E-state index is -0.725. The summed E-state index contributed by atoms with van der Waals surface area (Å²) in [4.78, 5) is 23.7. The van der Waals surface area contributed by atoms with Gasteiger partial charge in [0.25, 0.3) is 5.91 Å². The fraction of sp³-hybridized carbons (Fsp3) is 0.652. The van der Waals surface area contributed by atoms with E-state index in [1.807, 2.05) is 13.0 Å². The van der Waals surface area contributed by atoms with Gasteiger partial charge in [0.2, 0.25) is 0 Å². The molecule has 1 saturated heterocycles. The van der Waals surface area contributed by atoms with Gasteiger partial charge < -0.3 is 20.5 Å². The lowest BCUT2D eigenvalue weighted by Crippen LogP contribution is -2.38. The smallest absolute Gasteiger partial charge is 0.303 e. The summed E-state index contributed by atoms with van der Waals surface area (Å²) in [5.74, 6) is 0.864. The molecule has 7 heteroatoms. The molecule has 0 unspecified atom stereocenters. The Balaban J connectivity index is 0.00000320. The SMILES string of the molecule is CCOc1cc(C2CCNCC2)ccc1C(=O)N[C@H]1CC[C@H](CCC(=O)O)CC1.Cl. The van der Waals surface area contributed by atoms with Crippen LogP contribution in [0, 0.1) is 5.92 Å². The van der Waals surface area contributed by atoms with E-state index in [-0.39, 0.29) is 30.8 Å². The third-order valence-corrected chi connectivity index (χ3v) is 6.31. The van der Waals surface area contributed by atoms with Crippen molar-refractivity contribution in [3.05, 3.63) is 29.3 Å². The fourth-order valence-corrected chi connectivity index (χ4v) is 4.60. The molecule has 3 rings (SSSR count). The molecule has 1 aromatic carbocycles. The first kappa shape index (κ1) is 24.5. The summed E-state index contributed by atoms with van der Waals surface area (Å²) in [6, 6.07) is 6.20. The van der Waals surface area contributed by atoms with E-state index in [0.29, 0.717) is 29.8 Å². The molecule has 0 aromatic heterocycles. The van der Waals surface area contributed by atoms with Crippen molar-refractivity contribution in [1.29, 1.82) is 0 Å². The van der Waals surface area contributed by atoms with E-state index in [1.165, 1.54) is 5.56 Å². The molecule has 1 aromatic rings. The van der Waals surface area contributed by atoms with Gasteiger partial charge in [-0.3, -0.25) is 9.59 Å². The summed E-state index contributed by atoms with van der Waals surface area (Å²) >= 11 is 0. The number of carboxylic acid groups (broad SMARTS) is 1. The molecule has 30 heavy (non-hydrogen) atoms. The first-order valence-electron chi connectivity index (χ1n) is 11.1. The summed E-state index contributed by atoms with van der Waals surface area (Å²) < 4.78 is 5.82. The quantitative estimate of drug-likeness (QED) is 0.568. The minimum Gasteiger partial charge on any atom is -0.493 e. The molecular weight excluding hydrogens is 404 g/mol. The topological polar surface area (TPSA) is 87.7 Å². The maximum absolute atomic E-state index is 12.9. The molecule has 0 atom stereocenters. The number of hydrogen-bond acceptors (Lipinski definition) is 4. The van der Waals surface area contributed by atoms with Crippen LogP contribution >= 0.6 is 12.4 Å². The lowest BCUT2D eigenvalue weighted by molar-refractivity contribution is -0.137. The Kier molecular flexibility index (Phi) is 9.92. The number of benzene rings is 1. The van der Waals surface area contributed by atoms with E-state index in [4.69, 9.17) is 9.84 Å². The molecular formula is C23H35ClN2O4. The number of amides is 1. The second kappa shape index (κ2) is 12.2. The van der Waals surface area contributed by atoms with Gasteiger partial charge in [0.15, 0.2) is 0 Å². The molecule has 1 aliphatic heterocycles. The van der Waals surface area contributed by atoms with E-state index in [0.717, 1.165) is 58.0 Å².